The van der Waals surface area contributed by atoms with Crippen LogP contribution in [-0.2, 0) is 33.3 Å². The van der Waals surface area contributed by atoms with Crippen LogP contribution in [0.1, 0.15) is 93.4 Å². The van der Waals surface area contributed by atoms with Gasteiger partial charge in [0.2, 0.25) is 0 Å². The van der Waals surface area contributed by atoms with Crippen LogP contribution in [0.15, 0.2) is 24.3 Å². The summed E-state index contributed by atoms with van der Waals surface area (Å²) in [6.07, 6.45) is 4.13. The van der Waals surface area contributed by atoms with Crippen LogP contribution in [0.4, 0.5) is 0 Å². The van der Waals surface area contributed by atoms with E-state index in [0.717, 1.165) is 38.5 Å². The molecule has 4 aliphatic carbocycles. The highest BCUT2D eigenvalue weighted by atomic mass is 16.7. The predicted molar refractivity (Wildman–Crippen MR) is 156 cm³/mol. The summed E-state index contributed by atoms with van der Waals surface area (Å²) in [6.45, 7) is 20.9. The summed E-state index contributed by atoms with van der Waals surface area (Å²) in [4.78, 5) is 36.4. The Kier molecular flexibility index (Phi) is 8.00. The normalized spacial score (nSPS) is 46.2. The van der Waals surface area contributed by atoms with Gasteiger partial charge in [0.15, 0.2) is 11.9 Å². The van der Waals surface area contributed by atoms with Crippen molar-refractivity contribution >= 4 is 17.9 Å². The largest absolute Gasteiger partial charge is 0.463 e. The highest BCUT2D eigenvalue weighted by Crippen LogP contribution is 2.72. The quantitative estimate of drug-likeness (QED) is 0.246. The molecule has 1 heterocycles. The molecular weight excluding hydrogens is 536 g/mol. The summed E-state index contributed by atoms with van der Waals surface area (Å²) < 4.78 is 24.2. The highest BCUT2D eigenvalue weighted by molar-refractivity contribution is 5.67. The number of ether oxygens (including phenoxy) is 4. The molecule has 4 saturated carbocycles. The Labute approximate surface area is 250 Å². The Morgan fingerprint density at radius 1 is 0.929 bits per heavy atom. The monoisotopic (exact) mass is 586 g/mol. The maximum atomic E-state index is 12.6. The van der Waals surface area contributed by atoms with Gasteiger partial charge >= 0.3 is 17.9 Å². The summed E-state index contributed by atoms with van der Waals surface area (Å²) in [6, 6.07) is 0. The summed E-state index contributed by atoms with van der Waals surface area (Å²) >= 11 is 0. The third-order valence-corrected chi connectivity index (χ3v) is 12.4. The standard InChI is InChI=1S/C34H50O8/c1-17(2)18(3)29(41-22(7)37)30-19(4)31-33(9)27(16-34(31,38)42-30)25-11-10-23-14-24(39-20(5)35)12-13-32(23,8)26(25)15-28(33)40-21(6)36/h19,23-31,38H,1,3,10-16H2,2,4-9H3/t19-,23+,24+,25-,26+,27+,28-,29-,30+,31-,32+,33-,34+/m1/s1. The van der Waals surface area contributed by atoms with Gasteiger partial charge in [-0.05, 0) is 86.0 Å². The van der Waals surface area contributed by atoms with Gasteiger partial charge in [0, 0.05) is 38.5 Å². The van der Waals surface area contributed by atoms with E-state index in [2.05, 4.69) is 33.9 Å². The zero-order chi connectivity index (χ0) is 30.9. The summed E-state index contributed by atoms with van der Waals surface area (Å²) in [5, 5.41) is 12.3. The molecule has 5 rings (SSSR count). The minimum Gasteiger partial charge on any atom is -0.463 e. The lowest BCUT2D eigenvalue weighted by Crippen LogP contribution is -2.60. The highest BCUT2D eigenvalue weighted by Gasteiger charge is 2.75. The van der Waals surface area contributed by atoms with E-state index < -0.39 is 29.4 Å². The van der Waals surface area contributed by atoms with Crippen molar-refractivity contribution in [2.24, 2.45) is 46.3 Å². The first-order chi connectivity index (χ1) is 19.5. The maximum Gasteiger partial charge on any atom is 0.303 e. The number of hydrogen-bond acceptors (Lipinski definition) is 8. The average molecular weight is 587 g/mol. The third-order valence-electron chi connectivity index (χ3n) is 12.4. The first-order valence-corrected chi connectivity index (χ1v) is 15.8. The molecule has 234 valence electrons. The second-order valence-electron chi connectivity index (χ2n) is 14.7. The van der Waals surface area contributed by atoms with Crippen LogP contribution < -0.4 is 0 Å². The molecule has 42 heavy (non-hydrogen) atoms. The van der Waals surface area contributed by atoms with E-state index in [1.165, 1.54) is 20.8 Å². The van der Waals surface area contributed by atoms with Crippen molar-refractivity contribution in [1.29, 1.82) is 0 Å². The van der Waals surface area contributed by atoms with Crippen LogP contribution >= 0.6 is 0 Å². The second-order valence-corrected chi connectivity index (χ2v) is 14.7. The molecular formula is C34H50O8. The van der Waals surface area contributed by atoms with E-state index >= 15 is 0 Å². The van der Waals surface area contributed by atoms with Crippen molar-refractivity contribution in [1.82, 2.24) is 0 Å². The Morgan fingerprint density at radius 3 is 2.19 bits per heavy atom. The molecule has 5 aliphatic rings. The zero-order valence-corrected chi connectivity index (χ0v) is 26.4. The molecule has 0 radical (unpaired) electrons. The van der Waals surface area contributed by atoms with Gasteiger partial charge in [-0.1, -0.05) is 39.5 Å². The van der Waals surface area contributed by atoms with Gasteiger partial charge in [0.25, 0.3) is 0 Å². The van der Waals surface area contributed by atoms with Crippen LogP contribution in [0.5, 0.6) is 0 Å². The molecule has 0 unspecified atom stereocenters. The molecule has 0 spiro atoms. The fourth-order valence-electron chi connectivity index (χ4n) is 10.7. The SMILES string of the molecule is C=C(C)C(=C)[C@@H](OC(C)=O)[C@H]1O[C@@]2(O)C[C@H]3[C@@H]4CC[C@H]5C[C@@H](OC(C)=O)CC[C@]5(C)[C@H]4C[C@@H](OC(C)=O)[C@]3(C)[C@H]2[C@@H]1C. The van der Waals surface area contributed by atoms with Crippen LogP contribution in [0, 0.1) is 46.3 Å². The van der Waals surface area contributed by atoms with Crippen LogP contribution in [0.25, 0.3) is 0 Å². The lowest BCUT2D eigenvalue weighted by Gasteiger charge is -2.62. The van der Waals surface area contributed by atoms with Crippen LogP contribution in [0.2, 0.25) is 0 Å². The van der Waals surface area contributed by atoms with Gasteiger partial charge in [-0.15, -0.1) is 0 Å². The molecule has 5 fully saturated rings. The Bertz CT molecular complexity index is 1160. The minimum atomic E-state index is -1.45. The van der Waals surface area contributed by atoms with Crippen molar-refractivity contribution in [2.45, 2.75) is 124 Å². The topological polar surface area (TPSA) is 108 Å². The van der Waals surface area contributed by atoms with Crippen molar-refractivity contribution in [3.8, 4) is 0 Å². The summed E-state index contributed by atoms with van der Waals surface area (Å²) in [5.41, 5.74) is 0.771. The number of hydrogen-bond donors (Lipinski definition) is 1. The molecule has 13 atom stereocenters. The van der Waals surface area contributed by atoms with Crippen LogP contribution in [-0.4, -0.2) is 53.2 Å². The molecule has 0 aromatic carbocycles. The van der Waals surface area contributed by atoms with E-state index in [1.807, 2.05) is 6.92 Å². The van der Waals surface area contributed by atoms with Gasteiger partial charge in [0.1, 0.15) is 18.3 Å². The number of carbonyl (C=O) groups excluding carboxylic acids is 3. The molecule has 0 amide bonds. The molecule has 0 aromatic rings. The van der Waals surface area contributed by atoms with Gasteiger partial charge in [-0.3, -0.25) is 14.4 Å². The number of aliphatic hydroxyl groups is 1. The second kappa shape index (κ2) is 10.8. The minimum absolute atomic E-state index is 0.0351. The molecule has 8 heteroatoms. The number of rotatable bonds is 6. The molecule has 8 nitrogen and oxygen atoms in total. The Morgan fingerprint density at radius 2 is 1.60 bits per heavy atom. The van der Waals surface area contributed by atoms with E-state index in [0.29, 0.717) is 35.3 Å². The van der Waals surface area contributed by atoms with Crippen molar-refractivity contribution < 1.29 is 38.4 Å². The molecule has 1 aliphatic heterocycles. The summed E-state index contributed by atoms with van der Waals surface area (Å²) in [7, 11) is 0. The van der Waals surface area contributed by atoms with E-state index in [4.69, 9.17) is 18.9 Å². The van der Waals surface area contributed by atoms with Gasteiger partial charge in [0.05, 0.1) is 0 Å². The number of esters is 3. The first kappa shape index (κ1) is 31.2. The van der Waals surface area contributed by atoms with Crippen molar-refractivity contribution in [3.63, 3.8) is 0 Å². The molecule has 0 aromatic heterocycles. The third kappa shape index (κ3) is 4.85. The van der Waals surface area contributed by atoms with Gasteiger partial charge in [-0.2, -0.15) is 0 Å². The van der Waals surface area contributed by atoms with E-state index in [1.54, 1.807) is 0 Å². The molecule has 1 N–H and O–H groups in total. The Balaban J connectivity index is 1.49. The smallest absolute Gasteiger partial charge is 0.303 e. The van der Waals surface area contributed by atoms with Crippen molar-refractivity contribution in [2.75, 3.05) is 0 Å². The van der Waals surface area contributed by atoms with E-state index in [9.17, 15) is 19.5 Å². The number of carbonyl (C=O) groups is 3. The average Bonchev–Trinajstić information content (AvgIpc) is 3.28. The fraction of sp³-hybridized carbons (Fsp3) is 0.794. The maximum absolute atomic E-state index is 12.6. The summed E-state index contributed by atoms with van der Waals surface area (Å²) in [5.74, 6) is -1.76. The molecule has 1 saturated heterocycles. The fourth-order valence-corrected chi connectivity index (χ4v) is 10.7. The lowest BCUT2D eigenvalue weighted by molar-refractivity contribution is -0.223. The van der Waals surface area contributed by atoms with Crippen molar-refractivity contribution in [3.05, 3.63) is 24.3 Å². The zero-order valence-electron chi connectivity index (χ0n) is 26.4. The molecule has 0 bridgehead atoms. The lowest BCUT2D eigenvalue weighted by atomic mass is 9.43. The Hall–Kier alpha value is -2.19. The first-order valence-electron chi connectivity index (χ1n) is 15.8. The van der Waals surface area contributed by atoms with Gasteiger partial charge in [-0.25, -0.2) is 0 Å². The van der Waals surface area contributed by atoms with E-state index in [-0.39, 0.29) is 47.3 Å². The number of fused-ring (bicyclic) bond motifs is 7. The van der Waals surface area contributed by atoms with Gasteiger partial charge < -0.3 is 24.1 Å². The predicted octanol–water partition coefficient (Wildman–Crippen LogP) is 5.52. The van der Waals surface area contributed by atoms with Crippen LogP contribution in [0.3, 0.4) is 0 Å².